The van der Waals surface area contributed by atoms with E-state index in [9.17, 15) is 0 Å². The summed E-state index contributed by atoms with van der Waals surface area (Å²) in [5.74, 6) is 1.53. The summed E-state index contributed by atoms with van der Waals surface area (Å²) in [6.45, 7) is 2.18. The monoisotopic (exact) mass is 526 g/mol. The SMILES string of the molecule is [O-][Cl+3]([O-])([O-])[O-].c1ccc(-c2cc(-c3ccc4c(c3)OCCOCCO4)cc(-c3ccccc3)[s+]2)cc1. The van der Waals surface area contributed by atoms with Gasteiger partial charge in [0.25, 0.3) is 0 Å². The number of rotatable bonds is 3. The lowest BCUT2D eigenvalue weighted by molar-refractivity contribution is -2.00. The van der Waals surface area contributed by atoms with Gasteiger partial charge in [0, 0.05) is 23.3 Å². The molecule has 0 saturated carbocycles. The summed E-state index contributed by atoms with van der Waals surface area (Å²) < 4.78 is 51.2. The molecule has 0 saturated heterocycles. The molecule has 9 heteroatoms. The standard InChI is InChI=1S/C27H23O3S.ClHO4/c1-3-7-20(8-4-1)26-18-23(19-27(31-26)21-9-5-2-6-10-21)22-11-12-24-25(17-22)30-16-14-28-13-15-29-24;2-1(3,4)5/h1-12,17-19H,13-16H2;(H,2,3,4,5)/q+1;/p-1. The van der Waals surface area contributed by atoms with Crippen LogP contribution in [0.15, 0.2) is 91.0 Å². The Kier molecular flexibility index (Phi) is 8.84. The van der Waals surface area contributed by atoms with E-state index >= 15 is 0 Å². The van der Waals surface area contributed by atoms with Gasteiger partial charge in [-0.1, -0.05) is 42.5 Å². The minimum Gasteiger partial charge on any atom is -0.487 e. The minimum atomic E-state index is -4.94. The second-order valence-electron chi connectivity index (χ2n) is 7.66. The Balaban J connectivity index is 0.000000556. The summed E-state index contributed by atoms with van der Waals surface area (Å²) in [5, 5.41) is 0. The van der Waals surface area contributed by atoms with Crippen molar-refractivity contribution in [1.82, 2.24) is 0 Å². The predicted molar refractivity (Wildman–Crippen MR) is 127 cm³/mol. The molecule has 4 aromatic rings. The van der Waals surface area contributed by atoms with Crippen molar-refractivity contribution >= 4 is 11.3 Å². The average molecular weight is 527 g/mol. The molecule has 0 unspecified atom stereocenters. The molecule has 2 heterocycles. The van der Waals surface area contributed by atoms with E-state index in [1.54, 1.807) is 11.3 Å². The Morgan fingerprint density at radius 1 is 0.528 bits per heavy atom. The largest absolute Gasteiger partial charge is 0.487 e. The molecule has 0 amide bonds. The second-order valence-corrected chi connectivity index (χ2v) is 9.50. The zero-order valence-corrected chi connectivity index (χ0v) is 20.7. The van der Waals surface area contributed by atoms with Gasteiger partial charge in [0.2, 0.25) is 21.1 Å². The number of hydrogen-bond acceptors (Lipinski definition) is 7. The van der Waals surface area contributed by atoms with E-state index in [1.165, 1.54) is 20.9 Å². The summed E-state index contributed by atoms with van der Waals surface area (Å²) >= 11 is 1.80. The third kappa shape index (κ3) is 7.71. The van der Waals surface area contributed by atoms with Crippen molar-refractivity contribution in [3.63, 3.8) is 0 Å². The third-order valence-electron chi connectivity index (χ3n) is 5.16. The smallest absolute Gasteiger partial charge is 0.239 e. The van der Waals surface area contributed by atoms with Crippen LogP contribution in [0.5, 0.6) is 11.5 Å². The van der Waals surface area contributed by atoms with Crippen LogP contribution in [0.3, 0.4) is 0 Å². The van der Waals surface area contributed by atoms with Gasteiger partial charge in [0.05, 0.1) is 13.2 Å². The Labute approximate surface area is 215 Å². The van der Waals surface area contributed by atoms with Crippen molar-refractivity contribution in [2.24, 2.45) is 0 Å². The van der Waals surface area contributed by atoms with Crippen LogP contribution in [-0.2, 0) is 4.74 Å². The first-order valence-corrected chi connectivity index (χ1v) is 13.1. The molecule has 7 nitrogen and oxygen atoms in total. The Morgan fingerprint density at radius 2 is 1.03 bits per heavy atom. The lowest BCUT2D eigenvalue weighted by Crippen LogP contribution is -2.68. The van der Waals surface area contributed by atoms with Gasteiger partial charge in [-0.25, -0.2) is 18.6 Å². The molecule has 0 atom stereocenters. The van der Waals surface area contributed by atoms with E-state index in [2.05, 4.69) is 84.9 Å². The first-order chi connectivity index (χ1) is 17.4. The minimum absolute atomic E-state index is 0.515. The Morgan fingerprint density at radius 3 is 1.56 bits per heavy atom. The molecule has 0 bridgehead atoms. The van der Waals surface area contributed by atoms with Gasteiger partial charge in [0.1, 0.15) is 13.2 Å². The molecule has 0 aliphatic carbocycles. The van der Waals surface area contributed by atoms with Crippen molar-refractivity contribution in [2.75, 3.05) is 26.4 Å². The van der Waals surface area contributed by atoms with E-state index < -0.39 is 10.2 Å². The number of hydrogen-bond donors (Lipinski definition) is 0. The molecule has 1 aliphatic heterocycles. The molecule has 3 aromatic carbocycles. The molecule has 0 fully saturated rings. The molecule has 0 spiro atoms. The lowest BCUT2D eigenvalue weighted by atomic mass is 10.0. The zero-order valence-electron chi connectivity index (χ0n) is 19.1. The third-order valence-corrected chi connectivity index (χ3v) is 6.30. The molecule has 36 heavy (non-hydrogen) atoms. The topological polar surface area (TPSA) is 120 Å². The Hall–Kier alpha value is -3.08. The normalized spacial score (nSPS) is 13.4. The predicted octanol–water partition coefficient (Wildman–Crippen LogP) is 2.06. The second kappa shape index (κ2) is 12.2. The van der Waals surface area contributed by atoms with Crippen molar-refractivity contribution in [1.29, 1.82) is 0 Å². The van der Waals surface area contributed by atoms with Gasteiger partial charge in [-0.15, -0.1) is 10.2 Å². The highest BCUT2D eigenvalue weighted by Crippen LogP contribution is 2.39. The van der Waals surface area contributed by atoms with Gasteiger partial charge in [-0.3, -0.25) is 0 Å². The summed E-state index contributed by atoms with van der Waals surface area (Å²) in [5.41, 5.74) is 4.68. The zero-order chi connectivity index (χ0) is 25.4. The van der Waals surface area contributed by atoms with E-state index in [1.807, 2.05) is 6.07 Å². The molecular weight excluding hydrogens is 504 g/mol. The fraction of sp³-hybridized carbons (Fsp3) is 0.148. The van der Waals surface area contributed by atoms with Crippen LogP contribution in [0.2, 0.25) is 0 Å². The molecule has 5 rings (SSSR count). The molecular formula is C27H23ClO7S. The molecule has 1 aliphatic rings. The summed E-state index contributed by atoms with van der Waals surface area (Å²) in [6.07, 6.45) is 0. The summed E-state index contributed by atoms with van der Waals surface area (Å²) in [4.78, 5) is 2.46. The van der Waals surface area contributed by atoms with Gasteiger partial charge in [-0.2, -0.15) is 0 Å². The van der Waals surface area contributed by atoms with Gasteiger partial charge < -0.3 is 14.2 Å². The molecule has 186 valence electrons. The Bertz CT molecular complexity index is 1200. The van der Waals surface area contributed by atoms with Crippen LogP contribution >= 0.6 is 11.3 Å². The fourth-order valence-corrected chi connectivity index (χ4v) is 4.72. The average Bonchev–Trinajstić information content (AvgIpc) is 3.00. The van der Waals surface area contributed by atoms with Gasteiger partial charge >= 0.3 is 0 Å². The quantitative estimate of drug-likeness (QED) is 0.375. The van der Waals surface area contributed by atoms with Crippen LogP contribution in [0.4, 0.5) is 0 Å². The number of halogens is 1. The van der Waals surface area contributed by atoms with Crippen molar-refractivity contribution < 1.29 is 43.1 Å². The van der Waals surface area contributed by atoms with Crippen molar-refractivity contribution in [2.45, 2.75) is 0 Å². The molecule has 0 N–H and O–H groups in total. The van der Waals surface area contributed by atoms with E-state index in [4.69, 9.17) is 32.8 Å². The van der Waals surface area contributed by atoms with Crippen LogP contribution < -0.4 is 28.1 Å². The van der Waals surface area contributed by atoms with Crippen LogP contribution in [0.1, 0.15) is 0 Å². The molecule has 1 aromatic heterocycles. The van der Waals surface area contributed by atoms with Crippen LogP contribution in [0, 0.1) is 10.2 Å². The van der Waals surface area contributed by atoms with E-state index in [0.29, 0.717) is 26.4 Å². The van der Waals surface area contributed by atoms with Gasteiger partial charge in [-0.05, 0) is 47.5 Å². The highest BCUT2D eigenvalue weighted by atomic mass is 35.7. The van der Waals surface area contributed by atoms with E-state index in [-0.39, 0.29) is 0 Å². The van der Waals surface area contributed by atoms with Crippen molar-refractivity contribution in [3.05, 3.63) is 91.0 Å². The number of ether oxygens (including phenoxy) is 3. The first-order valence-electron chi connectivity index (χ1n) is 11.1. The summed E-state index contributed by atoms with van der Waals surface area (Å²) in [7, 11) is -4.94. The lowest BCUT2D eigenvalue weighted by Gasteiger charge is -2.17. The van der Waals surface area contributed by atoms with E-state index in [0.717, 1.165) is 22.6 Å². The highest BCUT2D eigenvalue weighted by molar-refractivity contribution is 7.18. The summed E-state index contributed by atoms with van der Waals surface area (Å²) in [6, 6.07) is 31.7. The first kappa shape index (κ1) is 26.0. The maximum Gasteiger partial charge on any atom is 0.239 e. The van der Waals surface area contributed by atoms with Crippen molar-refractivity contribution in [3.8, 4) is 43.5 Å². The van der Waals surface area contributed by atoms with Crippen LogP contribution in [0.25, 0.3) is 32.0 Å². The number of benzene rings is 3. The van der Waals surface area contributed by atoms with Crippen LogP contribution in [-0.4, -0.2) is 26.4 Å². The highest BCUT2D eigenvalue weighted by Gasteiger charge is 2.20. The maximum absolute atomic E-state index is 8.49. The van der Waals surface area contributed by atoms with Gasteiger partial charge in [0.15, 0.2) is 11.5 Å². The fourth-order valence-electron chi connectivity index (χ4n) is 3.60. The molecule has 0 radical (unpaired) electrons. The number of fused-ring (bicyclic) bond motifs is 1. The maximum atomic E-state index is 8.49.